The van der Waals surface area contributed by atoms with Gasteiger partial charge in [0.2, 0.25) is 0 Å². The van der Waals surface area contributed by atoms with Crippen molar-refractivity contribution in [1.82, 2.24) is 5.32 Å². The first-order valence-corrected chi connectivity index (χ1v) is 9.36. The molecule has 3 rings (SSSR count). The Morgan fingerprint density at radius 1 is 1.07 bits per heavy atom. The highest BCUT2D eigenvalue weighted by atomic mass is 35.5. The van der Waals surface area contributed by atoms with E-state index in [1.165, 1.54) is 0 Å². The van der Waals surface area contributed by atoms with Crippen molar-refractivity contribution < 1.29 is 19.0 Å². The van der Waals surface area contributed by atoms with Crippen LogP contribution in [0.15, 0.2) is 30.3 Å². The van der Waals surface area contributed by atoms with Gasteiger partial charge in [0.05, 0.1) is 6.04 Å². The van der Waals surface area contributed by atoms with E-state index in [2.05, 4.69) is 5.32 Å². The Bertz CT molecular complexity index is 829. The number of hydrogen-bond acceptors (Lipinski definition) is 4. The third-order valence-corrected chi connectivity index (χ3v) is 5.11. The molecule has 2 aromatic carbocycles. The molecule has 0 aliphatic carbocycles. The minimum Gasteiger partial charge on any atom is -0.486 e. The zero-order chi connectivity index (χ0) is 19.6. The van der Waals surface area contributed by atoms with Crippen LogP contribution in [0, 0.1) is 13.8 Å². The van der Waals surface area contributed by atoms with Crippen molar-refractivity contribution in [3.8, 4) is 17.2 Å². The van der Waals surface area contributed by atoms with Crippen LogP contribution in [0.2, 0.25) is 5.02 Å². The molecule has 5 nitrogen and oxygen atoms in total. The maximum atomic E-state index is 12.5. The van der Waals surface area contributed by atoms with Crippen molar-refractivity contribution >= 4 is 17.5 Å². The largest absolute Gasteiger partial charge is 0.486 e. The number of hydrogen-bond donors (Lipinski definition) is 1. The first-order chi connectivity index (χ1) is 12.8. The summed E-state index contributed by atoms with van der Waals surface area (Å²) in [5, 5.41) is 3.69. The van der Waals surface area contributed by atoms with Crippen LogP contribution in [0.5, 0.6) is 17.2 Å². The van der Waals surface area contributed by atoms with Gasteiger partial charge in [0, 0.05) is 5.02 Å². The molecule has 0 bridgehead atoms. The Morgan fingerprint density at radius 3 is 2.37 bits per heavy atom. The van der Waals surface area contributed by atoms with Crippen LogP contribution in [0.1, 0.15) is 36.6 Å². The summed E-state index contributed by atoms with van der Waals surface area (Å²) < 4.78 is 16.9. The van der Waals surface area contributed by atoms with Gasteiger partial charge in [-0.2, -0.15) is 0 Å². The number of ether oxygens (including phenoxy) is 3. The second-order valence-electron chi connectivity index (χ2n) is 6.76. The number of carbonyl (C=O) groups excluding carboxylic acids is 1. The lowest BCUT2D eigenvalue weighted by molar-refractivity contribution is -0.127. The minimum atomic E-state index is -0.635. The highest BCUT2D eigenvalue weighted by Gasteiger charge is 2.20. The van der Waals surface area contributed by atoms with E-state index in [0.29, 0.717) is 29.7 Å². The van der Waals surface area contributed by atoms with Gasteiger partial charge in [0.25, 0.3) is 5.91 Å². The number of aryl methyl sites for hydroxylation is 2. The molecule has 0 saturated carbocycles. The van der Waals surface area contributed by atoms with Gasteiger partial charge < -0.3 is 19.5 Å². The van der Waals surface area contributed by atoms with E-state index in [1.54, 1.807) is 6.92 Å². The average Bonchev–Trinajstić information content (AvgIpc) is 2.65. The Kier molecular flexibility index (Phi) is 5.80. The summed E-state index contributed by atoms with van der Waals surface area (Å²) in [7, 11) is 0. The summed E-state index contributed by atoms with van der Waals surface area (Å²) in [5.41, 5.74) is 2.78. The number of nitrogens with one attached hydrogen (secondary N) is 1. The SMILES string of the molecule is Cc1cc(O[C@@H](C)C(=O)N[C@H](C)c2ccc3c(c2)OCCO3)cc(C)c1Cl. The smallest absolute Gasteiger partial charge is 0.261 e. The van der Waals surface area contributed by atoms with Gasteiger partial charge in [0.15, 0.2) is 17.6 Å². The molecule has 0 radical (unpaired) electrons. The van der Waals surface area contributed by atoms with E-state index < -0.39 is 6.10 Å². The summed E-state index contributed by atoms with van der Waals surface area (Å²) in [5.74, 6) is 1.87. The molecule has 0 aromatic heterocycles. The van der Waals surface area contributed by atoms with Crippen LogP contribution in [0.3, 0.4) is 0 Å². The Balaban J connectivity index is 1.64. The molecular weight excluding hydrogens is 366 g/mol. The number of halogens is 1. The van der Waals surface area contributed by atoms with Crippen molar-refractivity contribution in [2.24, 2.45) is 0 Å². The molecule has 6 heteroatoms. The molecule has 2 aromatic rings. The Morgan fingerprint density at radius 2 is 1.70 bits per heavy atom. The zero-order valence-electron chi connectivity index (χ0n) is 16.0. The van der Waals surface area contributed by atoms with E-state index in [4.69, 9.17) is 25.8 Å². The molecule has 0 unspecified atom stereocenters. The maximum absolute atomic E-state index is 12.5. The molecule has 2 atom stereocenters. The van der Waals surface area contributed by atoms with E-state index in [0.717, 1.165) is 22.4 Å². The molecule has 1 amide bonds. The fourth-order valence-electron chi connectivity index (χ4n) is 2.98. The summed E-state index contributed by atoms with van der Waals surface area (Å²) in [6.07, 6.45) is -0.635. The first kappa shape index (κ1) is 19.4. The number of benzene rings is 2. The minimum absolute atomic E-state index is 0.187. The van der Waals surface area contributed by atoms with Gasteiger partial charge in [-0.3, -0.25) is 4.79 Å². The van der Waals surface area contributed by atoms with Gasteiger partial charge in [0.1, 0.15) is 19.0 Å². The standard InChI is InChI=1S/C21H24ClNO4/c1-12-9-17(10-13(2)20(12)22)27-15(4)21(24)23-14(3)16-5-6-18-19(11-16)26-8-7-25-18/h5-6,9-11,14-15H,7-8H2,1-4H3,(H,23,24)/t14-,15+/m1/s1. The number of amides is 1. The zero-order valence-corrected chi connectivity index (χ0v) is 16.7. The monoisotopic (exact) mass is 389 g/mol. The van der Waals surface area contributed by atoms with Crippen molar-refractivity contribution in [1.29, 1.82) is 0 Å². The summed E-state index contributed by atoms with van der Waals surface area (Å²) in [6, 6.07) is 9.18. The van der Waals surface area contributed by atoms with E-state index >= 15 is 0 Å². The molecule has 27 heavy (non-hydrogen) atoms. The number of rotatable bonds is 5. The van der Waals surface area contributed by atoms with Gasteiger partial charge in [-0.05, 0) is 68.7 Å². The summed E-state index contributed by atoms with van der Waals surface area (Å²) in [6.45, 7) is 8.56. The predicted octanol–water partition coefficient (Wildman–Crippen LogP) is 4.37. The number of fused-ring (bicyclic) bond motifs is 1. The van der Waals surface area contributed by atoms with E-state index in [-0.39, 0.29) is 11.9 Å². The quantitative estimate of drug-likeness (QED) is 0.824. The fourth-order valence-corrected chi connectivity index (χ4v) is 3.08. The normalized spacial score (nSPS) is 15.0. The Hall–Kier alpha value is -2.40. The maximum Gasteiger partial charge on any atom is 0.261 e. The highest BCUT2D eigenvalue weighted by molar-refractivity contribution is 6.32. The van der Waals surface area contributed by atoms with Gasteiger partial charge >= 0.3 is 0 Å². The highest BCUT2D eigenvalue weighted by Crippen LogP contribution is 2.32. The average molecular weight is 390 g/mol. The van der Waals surface area contributed by atoms with Crippen molar-refractivity contribution in [2.75, 3.05) is 13.2 Å². The predicted molar refractivity (Wildman–Crippen MR) is 105 cm³/mol. The topological polar surface area (TPSA) is 56.8 Å². The third-order valence-electron chi connectivity index (χ3n) is 4.52. The molecule has 0 spiro atoms. The molecule has 0 saturated heterocycles. The van der Waals surface area contributed by atoms with Crippen LogP contribution < -0.4 is 19.5 Å². The second kappa shape index (κ2) is 8.09. The number of carbonyl (C=O) groups is 1. The van der Waals surface area contributed by atoms with E-state index in [9.17, 15) is 4.79 Å². The van der Waals surface area contributed by atoms with Crippen LogP contribution in [-0.2, 0) is 4.79 Å². The van der Waals surface area contributed by atoms with Crippen LogP contribution in [0.25, 0.3) is 0 Å². The summed E-state index contributed by atoms with van der Waals surface area (Å²) in [4.78, 5) is 12.5. The van der Waals surface area contributed by atoms with Crippen LogP contribution in [0.4, 0.5) is 0 Å². The second-order valence-corrected chi connectivity index (χ2v) is 7.14. The van der Waals surface area contributed by atoms with Crippen molar-refractivity contribution in [3.05, 3.63) is 52.0 Å². The van der Waals surface area contributed by atoms with Crippen molar-refractivity contribution in [3.63, 3.8) is 0 Å². The van der Waals surface area contributed by atoms with Crippen LogP contribution in [-0.4, -0.2) is 25.2 Å². The fraction of sp³-hybridized carbons (Fsp3) is 0.381. The van der Waals surface area contributed by atoms with Crippen LogP contribution >= 0.6 is 11.6 Å². The lowest BCUT2D eigenvalue weighted by atomic mass is 10.1. The first-order valence-electron chi connectivity index (χ1n) is 8.98. The molecular formula is C21H24ClNO4. The molecule has 1 N–H and O–H groups in total. The molecule has 1 heterocycles. The Labute approximate surface area is 164 Å². The van der Waals surface area contributed by atoms with Crippen molar-refractivity contribution in [2.45, 2.75) is 39.8 Å². The lowest BCUT2D eigenvalue weighted by Crippen LogP contribution is -2.37. The van der Waals surface area contributed by atoms with Gasteiger partial charge in [-0.15, -0.1) is 0 Å². The van der Waals surface area contributed by atoms with E-state index in [1.807, 2.05) is 51.1 Å². The lowest BCUT2D eigenvalue weighted by Gasteiger charge is -2.22. The molecule has 144 valence electrons. The third kappa shape index (κ3) is 4.48. The molecule has 0 fully saturated rings. The van der Waals surface area contributed by atoms with Gasteiger partial charge in [-0.25, -0.2) is 0 Å². The molecule has 1 aliphatic heterocycles. The van der Waals surface area contributed by atoms with Gasteiger partial charge in [-0.1, -0.05) is 17.7 Å². The molecule has 1 aliphatic rings. The summed E-state index contributed by atoms with van der Waals surface area (Å²) >= 11 is 6.18.